The van der Waals surface area contributed by atoms with Gasteiger partial charge in [-0.25, -0.2) is 0 Å². The summed E-state index contributed by atoms with van der Waals surface area (Å²) < 4.78 is 5.99. The molecule has 0 aromatic carbocycles. The van der Waals surface area contributed by atoms with Crippen molar-refractivity contribution >= 4 is 5.78 Å². The first kappa shape index (κ1) is 16.9. The van der Waals surface area contributed by atoms with Crippen LogP contribution in [0.15, 0.2) is 24.3 Å². The lowest BCUT2D eigenvalue weighted by molar-refractivity contribution is -0.133. The van der Waals surface area contributed by atoms with Crippen LogP contribution in [0.25, 0.3) is 0 Å². The van der Waals surface area contributed by atoms with Crippen LogP contribution in [0.2, 0.25) is 0 Å². The SMILES string of the molecule is C=C[C@@H](C)CC(=O)[C@H]1[C@@H](C)[C@@H](O)C=C2C(C)(C)CC3OC3[C@@]21C. The summed E-state index contributed by atoms with van der Waals surface area (Å²) in [6, 6.07) is 0. The summed E-state index contributed by atoms with van der Waals surface area (Å²) in [4.78, 5) is 13.1. The quantitative estimate of drug-likeness (QED) is 0.637. The second-order valence-electron chi connectivity index (χ2n) is 8.76. The number of carbonyl (C=O) groups excluding carboxylic acids is 1. The normalized spacial score (nSPS) is 45.3. The van der Waals surface area contributed by atoms with Crippen LogP contribution in [0.1, 0.15) is 47.5 Å². The van der Waals surface area contributed by atoms with Crippen LogP contribution >= 0.6 is 0 Å². The maximum Gasteiger partial charge on any atom is 0.137 e. The summed E-state index contributed by atoms with van der Waals surface area (Å²) in [7, 11) is 0. The van der Waals surface area contributed by atoms with Crippen LogP contribution in [-0.2, 0) is 9.53 Å². The summed E-state index contributed by atoms with van der Waals surface area (Å²) in [5, 5.41) is 10.6. The van der Waals surface area contributed by atoms with E-state index in [1.165, 1.54) is 5.57 Å². The third kappa shape index (κ3) is 2.44. The van der Waals surface area contributed by atoms with E-state index in [1.807, 2.05) is 26.0 Å². The van der Waals surface area contributed by atoms with Gasteiger partial charge in [0.1, 0.15) is 5.78 Å². The number of ketones is 1. The molecular weight excluding hydrogens is 288 g/mol. The van der Waals surface area contributed by atoms with Crippen molar-refractivity contribution in [3.63, 3.8) is 0 Å². The zero-order valence-electron chi connectivity index (χ0n) is 15.0. The first-order chi connectivity index (χ1) is 10.6. The van der Waals surface area contributed by atoms with Crippen LogP contribution in [0.5, 0.6) is 0 Å². The van der Waals surface area contributed by atoms with Crippen molar-refractivity contribution in [3.05, 3.63) is 24.3 Å². The maximum atomic E-state index is 13.1. The second kappa shape index (κ2) is 5.29. The largest absolute Gasteiger partial charge is 0.389 e. The summed E-state index contributed by atoms with van der Waals surface area (Å²) in [5.74, 6) is 0.141. The molecule has 1 aliphatic heterocycles. The Labute approximate surface area is 139 Å². The lowest BCUT2D eigenvalue weighted by atomic mass is 9.50. The van der Waals surface area contributed by atoms with Crippen molar-refractivity contribution < 1.29 is 14.6 Å². The average molecular weight is 318 g/mol. The summed E-state index contributed by atoms with van der Waals surface area (Å²) in [5.41, 5.74) is 0.901. The van der Waals surface area contributed by atoms with E-state index in [1.54, 1.807) is 0 Å². The zero-order valence-corrected chi connectivity index (χ0v) is 15.0. The molecular formula is C20H30O3. The van der Waals surface area contributed by atoms with Gasteiger partial charge in [0.15, 0.2) is 0 Å². The van der Waals surface area contributed by atoms with Crippen LogP contribution in [-0.4, -0.2) is 29.2 Å². The average Bonchev–Trinajstić information content (AvgIpc) is 3.21. The molecule has 0 spiro atoms. The van der Waals surface area contributed by atoms with Gasteiger partial charge >= 0.3 is 0 Å². The fourth-order valence-corrected chi connectivity index (χ4v) is 5.29. The predicted molar refractivity (Wildman–Crippen MR) is 90.9 cm³/mol. The molecule has 23 heavy (non-hydrogen) atoms. The number of hydrogen-bond donors (Lipinski definition) is 1. The van der Waals surface area contributed by atoms with Gasteiger partial charge in [0.05, 0.1) is 18.3 Å². The maximum absolute atomic E-state index is 13.1. The van der Waals surface area contributed by atoms with E-state index >= 15 is 0 Å². The van der Waals surface area contributed by atoms with Crippen molar-refractivity contribution in [2.45, 2.75) is 65.8 Å². The summed E-state index contributed by atoms with van der Waals surface area (Å²) in [6.07, 6.45) is 5.16. The molecule has 0 bridgehead atoms. The van der Waals surface area contributed by atoms with Crippen molar-refractivity contribution in [1.82, 2.24) is 0 Å². The smallest absolute Gasteiger partial charge is 0.137 e. The Morgan fingerprint density at radius 3 is 2.78 bits per heavy atom. The van der Waals surface area contributed by atoms with Crippen LogP contribution in [0.4, 0.5) is 0 Å². The highest BCUT2D eigenvalue weighted by molar-refractivity contribution is 5.84. The van der Waals surface area contributed by atoms with Gasteiger partial charge in [-0.2, -0.15) is 0 Å². The third-order valence-corrected chi connectivity index (χ3v) is 6.51. The molecule has 0 radical (unpaired) electrons. The van der Waals surface area contributed by atoms with Crippen LogP contribution in [0, 0.1) is 28.6 Å². The Morgan fingerprint density at radius 1 is 1.52 bits per heavy atom. The van der Waals surface area contributed by atoms with Gasteiger partial charge in [0.2, 0.25) is 0 Å². The topological polar surface area (TPSA) is 49.8 Å². The van der Waals surface area contributed by atoms with E-state index in [-0.39, 0.29) is 46.6 Å². The minimum atomic E-state index is -0.555. The molecule has 2 aliphatic carbocycles. The fourth-order valence-electron chi connectivity index (χ4n) is 5.29. The fraction of sp³-hybridized carbons (Fsp3) is 0.750. The Hall–Kier alpha value is -0.930. The molecule has 0 aromatic heterocycles. The van der Waals surface area contributed by atoms with E-state index in [0.29, 0.717) is 6.42 Å². The highest BCUT2D eigenvalue weighted by Crippen LogP contribution is 2.65. The molecule has 128 valence electrons. The number of Topliss-reactive ketones (excluding diaryl/α,β-unsaturated/α-hetero) is 1. The van der Waals surface area contributed by atoms with Gasteiger partial charge in [-0.05, 0) is 23.7 Å². The lowest BCUT2D eigenvalue weighted by Crippen LogP contribution is -2.54. The molecule has 3 heteroatoms. The number of hydrogen-bond acceptors (Lipinski definition) is 3. The second-order valence-corrected chi connectivity index (χ2v) is 8.76. The molecule has 0 aromatic rings. The van der Waals surface area contributed by atoms with E-state index in [0.717, 1.165) is 6.42 Å². The van der Waals surface area contributed by atoms with Crippen molar-refractivity contribution in [2.75, 3.05) is 0 Å². The zero-order chi connectivity index (χ0) is 17.2. The molecule has 1 heterocycles. The van der Waals surface area contributed by atoms with E-state index in [9.17, 15) is 9.90 Å². The van der Waals surface area contributed by atoms with Gasteiger partial charge in [-0.3, -0.25) is 4.79 Å². The van der Waals surface area contributed by atoms with Crippen molar-refractivity contribution in [3.8, 4) is 0 Å². The third-order valence-electron chi connectivity index (χ3n) is 6.51. The van der Waals surface area contributed by atoms with Gasteiger partial charge in [-0.15, -0.1) is 6.58 Å². The number of epoxide rings is 1. The molecule has 3 aliphatic rings. The van der Waals surface area contributed by atoms with Crippen LogP contribution < -0.4 is 0 Å². The molecule has 2 fully saturated rings. The molecule has 1 saturated heterocycles. The Morgan fingerprint density at radius 2 is 2.17 bits per heavy atom. The first-order valence-corrected chi connectivity index (χ1v) is 8.84. The van der Waals surface area contributed by atoms with Crippen molar-refractivity contribution in [2.24, 2.45) is 28.6 Å². The molecule has 1 saturated carbocycles. The van der Waals surface area contributed by atoms with E-state index in [2.05, 4.69) is 27.4 Å². The minimum Gasteiger partial charge on any atom is -0.389 e. The molecule has 1 N–H and O–H groups in total. The molecule has 0 amide bonds. The molecule has 7 atom stereocenters. The Balaban J connectivity index is 2.03. The van der Waals surface area contributed by atoms with Gasteiger partial charge in [-0.1, -0.05) is 52.3 Å². The van der Waals surface area contributed by atoms with E-state index in [4.69, 9.17) is 4.74 Å². The molecule has 3 rings (SSSR count). The van der Waals surface area contributed by atoms with Gasteiger partial charge < -0.3 is 9.84 Å². The van der Waals surface area contributed by atoms with E-state index < -0.39 is 6.10 Å². The van der Waals surface area contributed by atoms with Crippen molar-refractivity contribution in [1.29, 1.82) is 0 Å². The summed E-state index contributed by atoms with van der Waals surface area (Å²) >= 11 is 0. The standard InChI is InChI=1S/C20H30O3/c1-7-11(2)8-14(22)17-12(3)13(21)9-16-19(4,5)10-15-18(23-15)20(16,17)6/h7,9,11-13,15,17-18,21H,1,8,10H2,2-6H3/t11-,12+,13+,15?,17-,18?,20+/m1/s1. The first-order valence-electron chi connectivity index (χ1n) is 8.84. The Kier molecular flexibility index (Phi) is 3.89. The van der Waals surface area contributed by atoms with Gasteiger partial charge in [0.25, 0.3) is 0 Å². The number of aliphatic hydroxyl groups is 1. The summed E-state index contributed by atoms with van der Waals surface area (Å²) in [6.45, 7) is 14.4. The highest BCUT2D eigenvalue weighted by atomic mass is 16.6. The number of carbonyl (C=O) groups is 1. The number of fused-ring (bicyclic) bond motifs is 3. The number of aliphatic hydroxyl groups excluding tert-OH is 1. The monoisotopic (exact) mass is 318 g/mol. The lowest BCUT2D eigenvalue weighted by Gasteiger charge is -2.53. The highest BCUT2D eigenvalue weighted by Gasteiger charge is 2.67. The number of allylic oxidation sites excluding steroid dienone is 1. The minimum absolute atomic E-state index is 0.0316. The molecule has 3 nitrogen and oxygen atoms in total. The van der Waals surface area contributed by atoms with Gasteiger partial charge in [0, 0.05) is 17.8 Å². The predicted octanol–water partition coefficient (Wildman–Crippen LogP) is 3.52. The molecule has 2 unspecified atom stereocenters. The number of ether oxygens (including phenoxy) is 1. The number of rotatable bonds is 4. The van der Waals surface area contributed by atoms with Crippen LogP contribution in [0.3, 0.4) is 0 Å². The Bertz CT molecular complexity index is 561.